The molecule has 19 heavy (non-hydrogen) atoms. The van der Waals surface area contributed by atoms with Gasteiger partial charge in [0.1, 0.15) is 18.4 Å². The topological polar surface area (TPSA) is 45.0 Å². The number of hydrogen-bond acceptors (Lipinski definition) is 3. The molecule has 1 unspecified atom stereocenters. The van der Waals surface area contributed by atoms with Crippen LogP contribution in [0, 0.1) is 11.3 Å². The lowest BCUT2D eigenvalue weighted by Gasteiger charge is -2.16. The molecular weight excluding hydrogens is 257 g/mol. The zero-order chi connectivity index (χ0) is 14.3. The van der Waals surface area contributed by atoms with E-state index in [1.165, 1.54) is 18.2 Å². The number of hydrogen-bond donors (Lipinski definition) is 1. The van der Waals surface area contributed by atoms with E-state index in [4.69, 9.17) is 10.00 Å². The van der Waals surface area contributed by atoms with Crippen LogP contribution in [0.5, 0.6) is 5.75 Å². The highest BCUT2D eigenvalue weighted by Gasteiger charge is 2.34. The highest BCUT2D eigenvalue weighted by Crippen LogP contribution is 2.35. The third-order valence-electron chi connectivity index (χ3n) is 2.39. The lowest BCUT2D eigenvalue weighted by Crippen LogP contribution is -2.34. The van der Waals surface area contributed by atoms with Crippen LogP contribution in [0.3, 0.4) is 0 Å². The van der Waals surface area contributed by atoms with Gasteiger partial charge in [-0.15, -0.1) is 0 Å². The SMILES string of the molecule is CCCNC(C#N)COc1ccccc1C(F)(F)F. The van der Waals surface area contributed by atoms with Crippen molar-refractivity contribution in [3.8, 4) is 11.8 Å². The van der Waals surface area contributed by atoms with Crippen molar-refractivity contribution in [1.82, 2.24) is 5.32 Å². The highest BCUT2D eigenvalue weighted by molar-refractivity contribution is 5.35. The molecule has 1 aromatic rings. The van der Waals surface area contributed by atoms with Gasteiger partial charge in [0.2, 0.25) is 0 Å². The van der Waals surface area contributed by atoms with E-state index >= 15 is 0 Å². The van der Waals surface area contributed by atoms with Crippen molar-refractivity contribution in [2.45, 2.75) is 25.6 Å². The van der Waals surface area contributed by atoms with Gasteiger partial charge in [-0.25, -0.2) is 0 Å². The fourth-order valence-electron chi connectivity index (χ4n) is 1.46. The summed E-state index contributed by atoms with van der Waals surface area (Å²) in [5, 5.41) is 11.7. The molecule has 1 aromatic carbocycles. The molecule has 1 atom stereocenters. The summed E-state index contributed by atoms with van der Waals surface area (Å²) >= 11 is 0. The van der Waals surface area contributed by atoms with Crippen LogP contribution in [0.15, 0.2) is 24.3 Å². The second kappa shape index (κ2) is 7.00. The van der Waals surface area contributed by atoms with Crippen molar-refractivity contribution in [2.75, 3.05) is 13.2 Å². The summed E-state index contributed by atoms with van der Waals surface area (Å²) in [6.45, 7) is 2.42. The largest absolute Gasteiger partial charge is 0.490 e. The van der Waals surface area contributed by atoms with Gasteiger partial charge in [-0.1, -0.05) is 19.1 Å². The molecular formula is C13H15F3N2O. The van der Waals surface area contributed by atoms with Gasteiger partial charge in [0.15, 0.2) is 0 Å². The number of nitrogens with one attached hydrogen (secondary N) is 1. The van der Waals surface area contributed by atoms with Crippen LogP contribution < -0.4 is 10.1 Å². The van der Waals surface area contributed by atoms with Gasteiger partial charge in [0, 0.05) is 0 Å². The maximum atomic E-state index is 12.7. The van der Waals surface area contributed by atoms with Gasteiger partial charge < -0.3 is 4.74 Å². The van der Waals surface area contributed by atoms with Gasteiger partial charge in [0.25, 0.3) is 0 Å². The first-order valence-electron chi connectivity index (χ1n) is 5.91. The summed E-state index contributed by atoms with van der Waals surface area (Å²) in [7, 11) is 0. The summed E-state index contributed by atoms with van der Waals surface area (Å²) in [4.78, 5) is 0. The van der Waals surface area contributed by atoms with E-state index in [-0.39, 0.29) is 12.4 Å². The Kier molecular flexibility index (Phi) is 5.64. The van der Waals surface area contributed by atoms with Crippen LogP contribution in [0.4, 0.5) is 13.2 Å². The van der Waals surface area contributed by atoms with E-state index in [9.17, 15) is 13.2 Å². The lowest BCUT2D eigenvalue weighted by molar-refractivity contribution is -0.139. The van der Waals surface area contributed by atoms with Crippen LogP contribution in [0.1, 0.15) is 18.9 Å². The highest BCUT2D eigenvalue weighted by atomic mass is 19.4. The predicted octanol–water partition coefficient (Wildman–Crippen LogP) is 2.98. The summed E-state index contributed by atoms with van der Waals surface area (Å²) < 4.78 is 43.2. The van der Waals surface area contributed by atoms with Gasteiger partial charge >= 0.3 is 6.18 Å². The Morgan fingerprint density at radius 2 is 2.05 bits per heavy atom. The maximum absolute atomic E-state index is 12.7. The molecule has 0 aliphatic heterocycles. The summed E-state index contributed by atoms with van der Waals surface area (Å²) in [5.41, 5.74) is -0.831. The first kappa shape index (κ1) is 15.3. The van der Waals surface area contributed by atoms with Crippen molar-refractivity contribution < 1.29 is 17.9 Å². The molecule has 0 amide bonds. The smallest absolute Gasteiger partial charge is 0.419 e. The molecule has 0 aliphatic carbocycles. The van der Waals surface area contributed by atoms with Gasteiger partial charge in [-0.2, -0.15) is 18.4 Å². The molecule has 0 spiro atoms. The number of benzene rings is 1. The van der Waals surface area contributed by atoms with Crippen LogP contribution in [0.2, 0.25) is 0 Å². The minimum atomic E-state index is -4.46. The Labute approximate surface area is 110 Å². The third-order valence-corrected chi connectivity index (χ3v) is 2.39. The molecule has 0 aliphatic rings. The normalized spacial score (nSPS) is 12.8. The monoisotopic (exact) mass is 272 g/mol. The van der Waals surface area contributed by atoms with E-state index in [1.54, 1.807) is 0 Å². The Morgan fingerprint density at radius 1 is 1.37 bits per heavy atom. The summed E-state index contributed by atoms with van der Waals surface area (Å²) in [6, 6.07) is 6.29. The van der Waals surface area contributed by atoms with E-state index in [0.29, 0.717) is 6.54 Å². The van der Waals surface area contributed by atoms with Gasteiger partial charge in [-0.05, 0) is 25.1 Å². The van der Waals surface area contributed by atoms with E-state index in [2.05, 4.69) is 5.32 Å². The number of alkyl halides is 3. The van der Waals surface area contributed by atoms with Gasteiger partial charge in [0.05, 0.1) is 11.6 Å². The maximum Gasteiger partial charge on any atom is 0.419 e. The minimum absolute atomic E-state index is 0.121. The molecule has 104 valence electrons. The fraction of sp³-hybridized carbons (Fsp3) is 0.462. The van der Waals surface area contributed by atoms with Crippen LogP contribution in [0.25, 0.3) is 0 Å². The third kappa shape index (κ3) is 4.79. The molecule has 0 saturated heterocycles. The molecule has 0 heterocycles. The van der Waals surface area contributed by atoms with E-state index in [0.717, 1.165) is 12.5 Å². The fourth-order valence-corrected chi connectivity index (χ4v) is 1.46. The second-order valence-corrected chi connectivity index (χ2v) is 3.94. The number of para-hydroxylation sites is 1. The summed E-state index contributed by atoms with van der Waals surface area (Å²) in [5.74, 6) is -0.256. The first-order chi connectivity index (χ1) is 8.99. The van der Waals surface area contributed by atoms with Crippen molar-refractivity contribution in [2.24, 2.45) is 0 Å². The molecule has 1 rings (SSSR count). The zero-order valence-electron chi connectivity index (χ0n) is 10.5. The number of nitrogens with zero attached hydrogens (tertiary/aromatic N) is 1. The molecule has 0 aromatic heterocycles. The average Bonchev–Trinajstić information content (AvgIpc) is 2.38. The Bertz CT molecular complexity index is 440. The van der Waals surface area contributed by atoms with Crippen LogP contribution in [-0.2, 0) is 6.18 Å². The van der Waals surface area contributed by atoms with Crippen LogP contribution in [-0.4, -0.2) is 19.2 Å². The second-order valence-electron chi connectivity index (χ2n) is 3.94. The van der Waals surface area contributed by atoms with Crippen molar-refractivity contribution >= 4 is 0 Å². The molecule has 1 N–H and O–H groups in total. The van der Waals surface area contributed by atoms with Gasteiger partial charge in [-0.3, -0.25) is 5.32 Å². The zero-order valence-corrected chi connectivity index (χ0v) is 10.5. The minimum Gasteiger partial charge on any atom is -0.490 e. The van der Waals surface area contributed by atoms with Crippen molar-refractivity contribution in [3.63, 3.8) is 0 Å². The standard InChI is InChI=1S/C13H15F3N2O/c1-2-7-18-10(8-17)9-19-12-6-4-3-5-11(12)13(14,15)16/h3-6,10,18H,2,7,9H2,1H3. The molecule has 6 heteroatoms. The predicted molar refractivity (Wildman–Crippen MR) is 64.6 cm³/mol. The number of ether oxygens (including phenoxy) is 1. The molecule has 0 saturated carbocycles. The van der Waals surface area contributed by atoms with E-state index < -0.39 is 17.8 Å². The first-order valence-corrected chi connectivity index (χ1v) is 5.91. The molecule has 0 bridgehead atoms. The average molecular weight is 272 g/mol. The van der Waals surface area contributed by atoms with Crippen molar-refractivity contribution in [3.05, 3.63) is 29.8 Å². The molecule has 0 fully saturated rings. The lowest BCUT2D eigenvalue weighted by atomic mass is 10.2. The number of rotatable bonds is 6. The Morgan fingerprint density at radius 3 is 2.63 bits per heavy atom. The van der Waals surface area contributed by atoms with Crippen molar-refractivity contribution in [1.29, 1.82) is 5.26 Å². The Balaban J connectivity index is 2.70. The number of halogens is 3. The Hall–Kier alpha value is -1.74. The van der Waals surface area contributed by atoms with E-state index in [1.807, 2.05) is 13.0 Å². The van der Waals surface area contributed by atoms with Crippen LogP contribution >= 0.6 is 0 Å². The molecule has 0 radical (unpaired) electrons. The quantitative estimate of drug-likeness (QED) is 0.866. The summed E-state index contributed by atoms with van der Waals surface area (Å²) in [6.07, 6.45) is -3.63. The molecule has 3 nitrogen and oxygen atoms in total. The number of nitriles is 1.